The van der Waals surface area contributed by atoms with E-state index in [1.165, 1.54) is 11.3 Å². The minimum Gasteiger partial charge on any atom is -0.297 e. The number of carbonyl (C=O) groups is 1. The van der Waals surface area contributed by atoms with Crippen LogP contribution in [0.25, 0.3) is 10.6 Å². The normalized spacial score (nSPS) is 10.4. The number of nitrogens with zero attached hydrogens (tertiary/aromatic N) is 2. The lowest BCUT2D eigenvalue weighted by molar-refractivity contribution is 0.112. The molecule has 2 rings (SSSR count). The lowest BCUT2D eigenvalue weighted by Gasteiger charge is -1.91. The number of aromatic nitrogens is 2. The predicted octanol–water partition coefficient (Wildman–Crippen LogP) is 2.44. The van der Waals surface area contributed by atoms with Crippen molar-refractivity contribution in [3.8, 4) is 10.6 Å². The van der Waals surface area contributed by atoms with E-state index < -0.39 is 0 Å². The summed E-state index contributed by atoms with van der Waals surface area (Å²) in [5, 5.41) is 4.36. The third-order valence-corrected chi connectivity index (χ3v) is 2.99. The van der Waals surface area contributed by atoms with Crippen molar-refractivity contribution in [2.45, 2.75) is 13.5 Å². The molecule has 2 aromatic heterocycles. The van der Waals surface area contributed by atoms with Gasteiger partial charge in [-0.25, -0.2) is 0 Å². The fourth-order valence-corrected chi connectivity index (χ4v) is 2.01. The molecular formula is C10H10N2OS. The van der Waals surface area contributed by atoms with E-state index in [4.69, 9.17) is 0 Å². The summed E-state index contributed by atoms with van der Waals surface area (Å²) >= 11 is 1.47. The van der Waals surface area contributed by atoms with Crippen LogP contribution in [-0.4, -0.2) is 16.1 Å². The number of hydrogen-bond donors (Lipinski definition) is 0. The van der Waals surface area contributed by atoms with Crippen LogP contribution in [0.5, 0.6) is 0 Å². The average molecular weight is 206 g/mol. The second kappa shape index (κ2) is 3.75. The van der Waals surface area contributed by atoms with Crippen LogP contribution in [0.2, 0.25) is 0 Å². The zero-order chi connectivity index (χ0) is 9.97. The van der Waals surface area contributed by atoms with Gasteiger partial charge in [-0.15, -0.1) is 11.3 Å². The Balaban J connectivity index is 2.33. The van der Waals surface area contributed by atoms with Crippen LogP contribution in [0.1, 0.15) is 16.6 Å². The first kappa shape index (κ1) is 9.15. The maximum Gasteiger partial charge on any atom is 0.160 e. The lowest BCUT2D eigenvalue weighted by Crippen LogP contribution is -1.93. The van der Waals surface area contributed by atoms with Gasteiger partial charge in [-0.1, -0.05) is 0 Å². The molecule has 0 saturated carbocycles. The van der Waals surface area contributed by atoms with E-state index in [2.05, 4.69) is 5.10 Å². The Morgan fingerprint density at radius 1 is 1.50 bits per heavy atom. The van der Waals surface area contributed by atoms with Gasteiger partial charge in [-0.3, -0.25) is 9.48 Å². The summed E-state index contributed by atoms with van der Waals surface area (Å²) in [6.07, 6.45) is 2.81. The van der Waals surface area contributed by atoms with E-state index in [9.17, 15) is 4.79 Å². The van der Waals surface area contributed by atoms with Crippen molar-refractivity contribution in [3.63, 3.8) is 0 Å². The number of carbonyl (C=O) groups excluding carboxylic acids is 1. The van der Waals surface area contributed by atoms with Gasteiger partial charge >= 0.3 is 0 Å². The van der Waals surface area contributed by atoms with Gasteiger partial charge in [0.2, 0.25) is 0 Å². The van der Waals surface area contributed by atoms with Crippen LogP contribution >= 0.6 is 11.3 Å². The average Bonchev–Trinajstić information content (AvgIpc) is 2.86. The summed E-state index contributed by atoms with van der Waals surface area (Å²) in [7, 11) is 0. The molecule has 0 fully saturated rings. The quantitative estimate of drug-likeness (QED) is 0.723. The molecule has 14 heavy (non-hydrogen) atoms. The van der Waals surface area contributed by atoms with Crippen molar-refractivity contribution in [1.82, 2.24) is 9.78 Å². The molecule has 0 spiro atoms. The zero-order valence-electron chi connectivity index (χ0n) is 7.80. The van der Waals surface area contributed by atoms with Crippen LogP contribution in [0.15, 0.2) is 24.4 Å². The highest BCUT2D eigenvalue weighted by Gasteiger charge is 2.04. The molecule has 0 aromatic carbocycles. The second-order valence-corrected chi connectivity index (χ2v) is 3.99. The van der Waals surface area contributed by atoms with Gasteiger partial charge in [0.1, 0.15) is 5.69 Å². The lowest BCUT2D eigenvalue weighted by atomic mass is 10.3. The summed E-state index contributed by atoms with van der Waals surface area (Å²) in [4.78, 5) is 12.3. The fourth-order valence-electron chi connectivity index (χ4n) is 1.22. The third kappa shape index (κ3) is 1.61. The van der Waals surface area contributed by atoms with Crippen molar-refractivity contribution in [2.75, 3.05) is 0 Å². The molecule has 0 amide bonds. The number of thiophene rings is 1. The predicted molar refractivity (Wildman–Crippen MR) is 56.6 cm³/mol. The molecule has 0 N–H and O–H groups in total. The van der Waals surface area contributed by atoms with Gasteiger partial charge in [-0.2, -0.15) is 5.10 Å². The topological polar surface area (TPSA) is 34.9 Å². The van der Waals surface area contributed by atoms with E-state index >= 15 is 0 Å². The van der Waals surface area contributed by atoms with Gasteiger partial charge < -0.3 is 0 Å². The highest BCUT2D eigenvalue weighted by atomic mass is 32.1. The molecule has 2 aromatic rings. The fraction of sp³-hybridized carbons (Fsp3) is 0.200. The molecule has 2 heterocycles. The largest absolute Gasteiger partial charge is 0.297 e. The summed E-state index contributed by atoms with van der Waals surface area (Å²) in [5.74, 6) is 0. The Kier molecular flexibility index (Phi) is 2.45. The van der Waals surface area contributed by atoms with Crippen LogP contribution in [0.4, 0.5) is 0 Å². The van der Waals surface area contributed by atoms with Gasteiger partial charge in [-0.05, 0) is 25.1 Å². The van der Waals surface area contributed by atoms with E-state index in [0.717, 1.165) is 28.3 Å². The minimum atomic E-state index is 0.742. The van der Waals surface area contributed by atoms with Crippen LogP contribution in [-0.2, 0) is 6.54 Å². The Morgan fingerprint density at radius 2 is 2.36 bits per heavy atom. The first-order chi connectivity index (χ1) is 6.83. The van der Waals surface area contributed by atoms with E-state index in [1.54, 1.807) is 0 Å². The number of aldehydes is 1. The van der Waals surface area contributed by atoms with Gasteiger partial charge in [0, 0.05) is 12.7 Å². The van der Waals surface area contributed by atoms with Crippen molar-refractivity contribution in [3.05, 3.63) is 29.3 Å². The molecular weight excluding hydrogens is 196 g/mol. The smallest absolute Gasteiger partial charge is 0.160 e. The van der Waals surface area contributed by atoms with Crippen LogP contribution in [0.3, 0.4) is 0 Å². The zero-order valence-corrected chi connectivity index (χ0v) is 8.62. The molecule has 0 atom stereocenters. The van der Waals surface area contributed by atoms with Crippen molar-refractivity contribution >= 4 is 17.6 Å². The van der Waals surface area contributed by atoms with Crippen LogP contribution < -0.4 is 0 Å². The molecule has 0 aliphatic rings. The van der Waals surface area contributed by atoms with Gasteiger partial charge in [0.25, 0.3) is 0 Å². The first-order valence-electron chi connectivity index (χ1n) is 4.42. The molecule has 0 radical (unpaired) electrons. The Hall–Kier alpha value is -1.42. The Labute approximate surface area is 86.0 Å². The summed E-state index contributed by atoms with van der Waals surface area (Å²) in [5.41, 5.74) is 0.935. The van der Waals surface area contributed by atoms with Crippen molar-refractivity contribution in [1.29, 1.82) is 0 Å². The summed E-state index contributed by atoms with van der Waals surface area (Å²) in [6.45, 7) is 2.91. The van der Waals surface area contributed by atoms with E-state index in [-0.39, 0.29) is 0 Å². The molecule has 0 saturated heterocycles. The highest BCUT2D eigenvalue weighted by molar-refractivity contribution is 7.17. The highest BCUT2D eigenvalue weighted by Crippen LogP contribution is 2.25. The van der Waals surface area contributed by atoms with E-state index in [0.29, 0.717) is 0 Å². The standard InChI is InChI=1S/C10H10N2OS/c1-2-12-6-5-9(11-12)10-4-3-8(7-13)14-10/h3-7H,2H2,1H3. The maximum absolute atomic E-state index is 10.5. The maximum atomic E-state index is 10.5. The number of rotatable bonds is 3. The van der Waals surface area contributed by atoms with Gasteiger partial charge in [0.05, 0.1) is 9.75 Å². The molecule has 4 heteroatoms. The number of hydrogen-bond acceptors (Lipinski definition) is 3. The van der Waals surface area contributed by atoms with Crippen LogP contribution in [0, 0.1) is 0 Å². The van der Waals surface area contributed by atoms with E-state index in [1.807, 2.05) is 36.0 Å². The first-order valence-corrected chi connectivity index (χ1v) is 5.24. The molecule has 72 valence electrons. The Morgan fingerprint density at radius 3 is 2.93 bits per heavy atom. The summed E-state index contributed by atoms with van der Waals surface area (Å²) in [6, 6.07) is 5.71. The second-order valence-electron chi connectivity index (χ2n) is 2.88. The molecule has 3 nitrogen and oxygen atoms in total. The molecule has 0 unspecified atom stereocenters. The van der Waals surface area contributed by atoms with Gasteiger partial charge in [0.15, 0.2) is 6.29 Å². The molecule has 0 bridgehead atoms. The summed E-state index contributed by atoms with van der Waals surface area (Å²) < 4.78 is 1.87. The SMILES string of the molecule is CCn1ccc(-c2ccc(C=O)s2)n1. The molecule has 0 aliphatic heterocycles. The van der Waals surface area contributed by atoms with Crippen molar-refractivity contribution in [2.24, 2.45) is 0 Å². The Bertz CT molecular complexity index is 444. The minimum absolute atomic E-state index is 0.742. The third-order valence-electron chi connectivity index (χ3n) is 1.96. The molecule has 0 aliphatic carbocycles. The van der Waals surface area contributed by atoms with Crippen molar-refractivity contribution < 1.29 is 4.79 Å². The monoisotopic (exact) mass is 206 g/mol. The number of aryl methyl sites for hydroxylation is 1.